The summed E-state index contributed by atoms with van der Waals surface area (Å²) in [4.78, 5) is 12.5. The number of carbonyl (C=O) groups excluding carboxylic acids is 1. The summed E-state index contributed by atoms with van der Waals surface area (Å²) in [6, 6.07) is 15.2. The highest BCUT2D eigenvalue weighted by atomic mass is 16.5. The fraction of sp³-hybridized carbons (Fsp3) is 0.250. The molecule has 0 saturated carbocycles. The lowest BCUT2D eigenvalue weighted by atomic mass is 9.82. The van der Waals surface area contributed by atoms with Crippen molar-refractivity contribution in [1.29, 1.82) is 5.26 Å². The van der Waals surface area contributed by atoms with Crippen LogP contribution < -0.4 is 15.2 Å². The lowest BCUT2D eigenvalue weighted by molar-refractivity contribution is -0.136. The van der Waals surface area contributed by atoms with E-state index in [9.17, 15) is 10.1 Å². The smallest absolute Gasteiger partial charge is 0.338 e. The van der Waals surface area contributed by atoms with Crippen molar-refractivity contribution < 1.29 is 23.7 Å². The van der Waals surface area contributed by atoms with Gasteiger partial charge in [-0.2, -0.15) is 5.26 Å². The molecule has 0 unspecified atom stereocenters. The molecular formula is C24H24N2O5. The van der Waals surface area contributed by atoms with Crippen LogP contribution >= 0.6 is 0 Å². The first-order valence-corrected chi connectivity index (χ1v) is 9.62. The number of rotatable bonds is 6. The van der Waals surface area contributed by atoms with Crippen molar-refractivity contribution >= 4 is 5.97 Å². The fourth-order valence-corrected chi connectivity index (χ4v) is 3.48. The summed E-state index contributed by atoms with van der Waals surface area (Å²) in [7, 11) is 2.85. The number of benzene rings is 2. The molecule has 0 aromatic heterocycles. The van der Waals surface area contributed by atoms with Gasteiger partial charge in [-0.15, -0.1) is 0 Å². The van der Waals surface area contributed by atoms with Crippen LogP contribution in [0.4, 0.5) is 0 Å². The summed E-state index contributed by atoms with van der Waals surface area (Å²) < 4.78 is 21.8. The van der Waals surface area contributed by atoms with E-state index in [1.807, 2.05) is 37.3 Å². The van der Waals surface area contributed by atoms with E-state index in [1.54, 1.807) is 26.2 Å². The van der Waals surface area contributed by atoms with Crippen LogP contribution in [-0.4, -0.2) is 20.2 Å². The molecule has 0 spiro atoms. The highest BCUT2D eigenvalue weighted by Gasteiger charge is 2.36. The van der Waals surface area contributed by atoms with Crippen LogP contribution in [0.5, 0.6) is 11.5 Å². The summed E-state index contributed by atoms with van der Waals surface area (Å²) in [5.41, 5.74) is 8.88. The van der Waals surface area contributed by atoms with Crippen LogP contribution in [0.2, 0.25) is 0 Å². The van der Waals surface area contributed by atoms with Crippen LogP contribution in [0.1, 0.15) is 29.5 Å². The number of nitrogens with two attached hydrogens (primary N) is 1. The summed E-state index contributed by atoms with van der Waals surface area (Å²) >= 11 is 0. The molecule has 1 aliphatic heterocycles. The second-order valence-electron chi connectivity index (χ2n) is 7.06. The van der Waals surface area contributed by atoms with E-state index in [1.165, 1.54) is 7.11 Å². The van der Waals surface area contributed by atoms with E-state index < -0.39 is 11.9 Å². The van der Waals surface area contributed by atoms with Crippen molar-refractivity contribution in [2.45, 2.75) is 26.4 Å². The van der Waals surface area contributed by atoms with Crippen LogP contribution in [-0.2, 0) is 20.9 Å². The SMILES string of the molecule is COC(=O)C1=C(C)OC(N)=C(C#N)[C@@H]1c1ccc(OC)c(COc2ccc(C)cc2)c1. The van der Waals surface area contributed by atoms with E-state index in [0.717, 1.165) is 16.9 Å². The van der Waals surface area contributed by atoms with Crippen LogP contribution in [0.15, 0.2) is 65.3 Å². The summed E-state index contributed by atoms with van der Waals surface area (Å²) in [6.07, 6.45) is 0. The second kappa shape index (κ2) is 9.26. The normalized spacial score (nSPS) is 15.8. The Hall–Kier alpha value is -3.92. The average molecular weight is 420 g/mol. The number of esters is 1. The van der Waals surface area contributed by atoms with E-state index >= 15 is 0 Å². The molecule has 1 atom stereocenters. The maximum Gasteiger partial charge on any atom is 0.338 e. The Morgan fingerprint density at radius 3 is 2.48 bits per heavy atom. The molecule has 3 rings (SSSR count). The molecule has 7 heteroatoms. The number of nitrogens with zero attached hydrogens (tertiary/aromatic N) is 1. The molecule has 2 aromatic rings. The van der Waals surface area contributed by atoms with Crippen molar-refractivity contribution in [1.82, 2.24) is 0 Å². The maximum atomic E-state index is 12.5. The number of aryl methyl sites for hydroxylation is 1. The topological polar surface area (TPSA) is 104 Å². The van der Waals surface area contributed by atoms with Gasteiger partial charge in [0.25, 0.3) is 0 Å². The van der Waals surface area contributed by atoms with Crippen LogP contribution in [0, 0.1) is 18.3 Å². The molecule has 0 fully saturated rings. The Labute approximate surface area is 181 Å². The Morgan fingerprint density at radius 2 is 1.87 bits per heavy atom. The standard InChI is InChI=1S/C24H24N2O5/c1-14-5-8-18(9-6-14)30-13-17-11-16(7-10-20(17)28-3)22-19(12-25)23(26)31-15(2)21(22)24(27)29-4/h5-11,22H,13,26H2,1-4H3/t22-/m0/s1. The predicted molar refractivity (Wildman–Crippen MR) is 114 cm³/mol. The van der Waals surface area contributed by atoms with E-state index in [4.69, 9.17) is 24.7 Å². The maximum absolute atomic E-state index is 12.5. The molecule has 0 saturated heterocycles. The van der Waals surface area contributed by atoms with E-state index in [2.05, 4.69) is 6.07 Å². The number of allylic oxidation sites excluding steroid dienone is 2. The zero-order valence-electron chi connectivity index (χ0n) is 17.9. The molecule has 2 N–H and O–H groups in total. The van der Waals surface area contributed by atoms with Crippen LogP contribution in [0.3, 0.4) is 0 Å². The molecule has 2 aromatic carbocycles. The molecule has 0 bridgehead atoms. The number of methoxy groups -OCH3 is 2. The predicted octanol–water partition coefficient (Wildman–Crippen LogP) is 3.84. The van der Waals surface area contributed by atoms with Gasteiger partial charge in [0.2, 0.25) is 5.88 Å². The molecule has 0 amide bonds. The fourth-order valence-electron chi connectivity index (χ4n) is 3.48. The minimum absolute atomic E-state index is 0.0362. The van der Waals surface area contributed by atoms with Gasteiger partial charge in [-0.3, -0.25) is 0 Å². The quantitative estimate of drug-likeness (QED) is 0.708. The number of carbonyl (C=O) groups is 1. The average Bonchev–Trinajstić information content (AvgIpc) is 2.77. The molecule has 31 heavy (non-hydrogen) atoms. The van der Waals surface area contributed by atoms with Crippen molar-refractivity contribution in [2.24, 2.45) is 5.73 Å². The second-order valence-corrected chi connectivity index (χ2v) is 7.06. The van der Waals surface area contributed by atoms with Gasteiger partial charge in [-0.05, 0) is 43.7 Å². The van der Waals surface area contributed by atoms with Crippen molar-refractivity contribution in [3.8, 4) is 17.6 Å². The van der Waals surface area contributed by atoms with Gasteiger partial charge in [0.05, 0.1) is 25.7 Å². The highest BCUT2D eigenvalue weighted by molar-refractivity contribution is 5.92. The first kappa shape index (κ1) is 21.8. The van der Waals surface area contributed by atoms with Crippen molar-refractivity contribution in [3.05, 3.63) is 81.9 Å². The molecule has 0 aliphatic carbocycles. The highest BCUT2D eigenvalue weighted by Crippen LogP contribution is 2.40. The molecule has 1 aliphatic rings. The van der Waals surface area contributed by atoms with Gasteiger partial charge in [-0.1, -0.05) is 23.8 Å². The number of ether oxygens (including phenoxy) is 4. The third-order valence-corrected chi connectivity index (χ3v) is 5.06. The number of hydrogen-bond acceptors (Lipinski definition) is 7. The third kappa shape index (κ3) is 4.48. The molecule has 7 nitrogen and oxygen atoms in total. The Morgan fingerprint density at radius 1 is 1.16 bits per heavy atom. The molecular weight excluding hydrogens is 396 g/mol. The first-order valence-electron chi connectivity index (χ1n) is 9.62. The zero-order valence-corrected chi connectivity index (χ0v) is 17.9. The Balaban J connectivity index is 2.02. The van der Waals surface area contributed by atoms with E-state index in [0.29, 0.717) is 17.1 Å². The largest absolute Gasteiger partial charge is 0.496 e. The van der Waals surface area contributed by atoms with Gasteiger partial charge in [0.15, 0.2) is 0 Å². The monoisotopic (exact) mass is 420 g/mol. The van der Waals surface area contributed by atoms with Gasteiger partial charge in [0, 0.05) is 5.56 Å². The van der Waals surface area contributed by atoms with Gasteiger partial charge >= 0.3 is 5.97 Å². The van der Waals surface area contributed by atoms with Crippen molar-refractivity contribution in [3.63, 3.8) is 0 Å². The lowest BCUT2D eigenvalue weighted by Gasteiger charge is -2.27. The van der Waals surface area contributed by atoms with Gasteiger partial charge in [0.1, 0.15) is 35.5 Å². The van der Waals surface area contributed by atoms with Gasteiger partial charge in [-0.25, -0.2) is 4.79 Å². The van der Waals surface area contributed by atoms with E-state index in [-0.39, 0.29) is 23.6 Å². The Bertz CT molecular complexity index is 1090. The van der Waals surface area contributed by atoms with Crippen molar-refractivity contribution in [2.75, 3.05) is 14.2 Å². The Kier molecular flexibility index (Phi) is 6.51. The first-order chi connectivity index (χ1) is 14.9. The number of hydrogen-bond donors (Lipinski definition) is 1. The summed E-state index contributed by atoms with van der Waals surface area (Å²) in [6.45, 7) is 3.86. The number of nitriles is 1. The lowest BCUT2D eigenvalue weighted by Crippen LogP contribution is -2.25. The van der Waals surface area contributed by atoms with Crippen LogP contribution in [0.25, 0.3) is 0 Å². The summed E-state index contributed by atoms with van der Waals surface area (Å²) in [5, 5.41) is 9.70. The molecule has 1 heterocycles. The minimum Gasteiger partial charge on any atom is -0.496 e. The molecule has 160 valence electrons. The summed E-state index contributed by atoms with van der Waals surface area (Å²) in [5.74, 6) is 0.287. The zero-order chi connectivity index (χ0) is 22.5. The molecule has 0 radical (unpaired) electrons. The van der Waals surface area contributed by atoms with Gasteiger partial charge < -0.3 is 24.7 Å². The minimum atomic E-state index is -0.727. The third-order valence-electron chi connectivity index (χ3n) is 5.06.